The fourth-order valence-corrected chi connectivity index (χ4v) is 3.46. The van der Waals surface area contributed by atoms with E-state index in [9.17, 15) is 0 Å². The maximum atomic E-state index is 2.50. The number of likely N-dealkylation sites (N-methyl/N-ethyl adjacent to an activating group) is 1. The van der Waals surface area contributed by atoms with Gasteiger partial charge in [-0.2, -0.15) is 11.3 Å². The summed E-state index contributed by atoms with van der Waals surface area (Å²) in [5.74, 6) is 0. The molecule has 0 unspecified atom stereocenters. The molecule has 1 aromatic rings. The van der Waals surface area contributed by atoms with Crippen LogP contribution < -0.4 is 0 Å². The zero-order chi connectivity index (χ0) is 14.1. The summed E-state index contributed by atoms with van der Waals surface area (Å²) in [7, 11) is 4.30. The van der Waals surface area contributed by atoms with Crippen molar-refractivity contribution in [2.45, 2.75) is 25.4 Å². The summed E-state index contributed by atoms with van der Waals surface area (Å²) in [6.45, 7) is 3.37. The maximum absolute atomic E-state index is 2.50. The molecule has 0 N–H and O–H groups in total. The van der Waals surface area contributed by atoms with Crippen LogP contribution in [0.1, 0.15) is 18.9 Å². The van der Waals surface area contributed by atoms with Crippen molar-refractivity contribution < 1.29 is 0 Å². The second-order valence-corrected chi connectivity index (χ2v) is 6.70. The van der Waals surface area contributed by atoms with Crippen LogP contribution in [0.3, 0.4) is 0 Å². The third kappa shape index (κ3) is 2.60. The van der Waals surface area contributed by atoms with Gasteiger partial charge in [0.1, 0.15) is 0 Å². The number of thiophene rings is 1. The molecular formula is C17H22N2S. The van der Waals surface area contributed by atoms with Crippen LogP contribution in [0.5, 0.6) is 0 Å². The van der Waals surface area contributed by atoms with E-state index >= 15 is 0 Å². The molecule has 1 aromatic heterocycles. The Bertz CT molecular complexity index is 552. The average Bonchev–Trinajstić information content (AvgIpc) is 3.08. The zero-order valence-corrected chi connectivity index (χ0v) is 13.2. The highest BCUT2D eigenvalue weighted by Gasteiger charge is 2.28. The van der Waals surface area contributed by atoms with Crippen LogP contribution in [0.2, 0.25) is 0 Å². The Morgan fingerprint density at radius 1 is 1.40 bits per heavy atom. The highest BCUT2D eigenvalue weighted by atomic mass is 32.1. The second-order valence-electron chi connectivity index (χ2n) is 5.92. The molecule has 106 valence electrons. The van der Waals surface area contributed by atoms with Crippen molar-refractivity contribution in [1.29, 1.82) is 0 Å². The summed E-state index contributed by atoms with van der Waals surface area (Å²) >= 11 is 1.78. The van der Waals surface area contributed by atoms with Gasteiger partial charge in [0.15, 0.2) is 0 Å². The highest BCUT2D eigenvalue weighted by molar-refractivity contribution is 7.08. The normalized spacial score (nSPS) is 22.8. The monoisotopic (exact) mass is 286 g/mol. The van der Waals surface area contributed by atoms with Crippen LogP contribution in [0.4, 0.5) is 0 Å². The summed E-state index contributed by atoms with van der Waals surface area (Å²) in [5.41, 5.74) is 4.30. The Morgan fingerprint density at radius 3 is 2.95 bits per heavy atom. The molecule has 0 spiro atoms. The van der Waals surface area contributed by atoms with Crippen molar-refractivity contribution in [1.82, 2.24) is 9.80 Å². The lowest BCUT2D eigenvalue weighted by molar-refractivity contribution is 0.221. The second kappa shape index (κ2) is 5.58. The molecule has 0 fully saturated rings. The van der Waals surface area contributed by atoms with Crippen molar-refractivity contribution in [3.8, 4) is 0 Å². The van der Waals surface area contributed by atoms with Gasteiger partial charge >= 0.3 is 0 Å². The molecule has 3 heteroatoms. The molecule has 2 aliphatic rings. The molecule has 0 radical (unpaired) electrons. The van der Waals surface area contributed by atoms with Crippen LogP contribution in [-0.4, -0.2) is 42.5 Å². The minimum Gasteiger partial charge on any atom is -0.369 e. The first-order valence-electron chi connectivity index (χ1n) is 7.19. The molecule has 20 heavy (non-hydrogen) atoms. The largest absolute Gasteiger partial charge is 0.369 e. The van der Waals surface area contributed by atoms with Gasteiger partial charge in [-0.05, 0) is 67.1 Å². The van der Waals surface area contributed by atoms with Gasteiger partial charge in [0.25, 0.3) is 0 Å². The first-order valence-corrected chi connectivity index (χ1v) is 8.13. The predicted octanol–water partition coefficient (Wildman–Crippen LogP) is 3.61. The standard InChI is InChI=1S/C17H22N2S/c1-13(18(2)3)11-19-8-6-14-4-5-15(10-17(14)19)16-7-9-20-12-16/h4-9,12-13,17H,10-11H2,1-3H3/t13-,17+/m1/s1. The quantitative estimate of drug-likeness (QED) is 0.834. The van der Waals surface area contributed by atoms with Gasteiger partial charge in [-0.1, -0.05) is 12.2 Å². The van der Waals surface area contributed by atoms with Gasteiger partial charge in [0.2, 0.25) is 0 Å². The summed E-state index contributed by atoms with van der Waals surface area (Å²) < 4.78 is 0. The molecular weight excluding hydrogens is 264 g/mol. The molecule has 0 aromatic carbocycles. The van der Waals surface area contributed by atoms with Crippen LogP contribution >= 0.6 is 11.3 Å². The Labute approximate surface area is 125 Å². The van der Waals surface area contributed by atoms with Gasteiger partial charge in [-0.3, -0.25) is 0 Å². The molecule has 2 nitrogen and oxygen atoms in total. The number of fused-ring (bicyclic) bond motifs is 1. The minimum atomic E-state index is 0.525. The van der Waals surface area contributed by atoms with E-state index in [4.69, 9.17) is 0 Å². The van der Waals surface area contributed by atoms with Crippen molar-refractivity contribution >= 4 is 16.9 Å². The van der Waals surface area contributed by atoms with Crippen molar-refractivity contribution in [2.75, 3.05) is 20.6 Å². The van der Waals surface area contributed by atoms with Crippen molar-refractivity contribution in [2.24, 2.45) is 0 Å². The summed E-state index contributed by atoms with van der Waals surface area (Å²) in [6, 6.07) is 3.32. The zero-order valence-electron chi connectivity index (χ0n) is 12.4. The van der Waals surface area contributed by atoms with E-state index < -0.39 is 0 Å². The fraction of sp³-hybridized carbons (Fsp3) is 0.412. The Morgan fingerprint density at radius 2 is 2.25 bits per heavy atom. The summed E-state index contributed by atoms with van der Waals surface area (Å²) in [6.07, 6.45) is 10.2. The Hall–Kier alpha value is -1.32. The van der Waals surface area contributed by atoms with Crippen molar-refractivity contribution in [3.05, 3.63) is 52.4 Å². The molecule has 0 bridgehead atoms. The van der Waals surface area contributed by atoms with Crippen LogP contribution in [0.25, 0.3) is 5.57 Å². The van der Waals surface area contributed by atoms with E-state index in [1.54, 1.807) is 11.3 Å². The molecule has 0 saturated carbocycles. The predicted molar refractivity (Wildman–Crippen MR) is 87.8 cm³/mol. The fourth-order valence-electron chi connectivity index (χ4n) is 2.78. The van der Waals surface area contributed by atoms with Gasteiger partial charge in [-0.15, -0.1) is 0 Å². The van der Waals surface area contributed by atoms with Gasteiger partial charge in [-0.25, -0.2) is 0 Å². The number of nitrogens with zero attached hydrogens (tertiary/aromatic N) is 2. The first kappa shape index (κ1) is 13.7. The molecule has 1 aliphatic carbocycles. The third-order valence-corrected chi connectivity index (χ3v) is 5.07. The van der Waals surface area contributed by atoms with E-state index in [1.807, 2.05) is 0 Å². The maximum Gasteiger partial charge on any atom is 0.0578 e. The smallest absolute Gasteiger partial charge is 0.0578 e. The van der Waals surface area contributed by atoms with Gasteiger partial charge in [0, 0.05) is 18.8 Å². The number of rotatable bonds is 4. The topological polar surface area (TPSA) is 6.48 Å². The van der Waals surface area contributed by atoms with Crippen molar-refractivity contribution in [3.63, 3.8) is 0 Å². The molecule has 2 atom stereocenters. The number of hydrogen-bond acceptors (Lipinski definition) is 3. The minimum absolute atomic E-state index is 0.525. The lowest BCUT2D eigenvalue weighted by Crippen LogP contribution is -2.40. The first-order chi connectivity index (χ1) is 9.65. The molecule has 2 heterocycles. The average molecular weight is 286 g/mol. The van der Waals surface area contributed by atoms with E-state index in [0.29, 0.717) is 12.1 Å². The van der Waals surface area contributed by atoms with E-state index in [1.165, 1.54) is 16.7 Å². The van der Waals surface area contributed by atoms with Crippen LogP contribution in [-0.2, 0) is 0 Å². The lowest BCUT2D eigenvalue weighted by atomic mass is 9.91. The summed E-state index contributed by atoms with van der Waals surface area (Å²) in [5, 5.41) is 4.41. The molecule has 1 aliphatic heterocycles. The van der Waals surface area contributed by atoms with Crippen LogP contribution in [0.15, 0.2) is 46.8 Å². The Balaban J connectivity index is 1.74. The number of allylic oxidation sites excluding steroid dienone is 2. The third-order valence-electron chi connectivity index (χ3n) is 4.38. The lowest BCUT2D eigenvalue weighted by Gasteiger charge is -2.33. The van der Waals surface area contributed by atoms with E-state index in [0.717, 1.165) is 13.0 Å². The number of hydrogen-bond donors (Lipinski definition) is 0. The van der Waals surface area contributed by atoms with Gasteiger partial charge < -0.3 is 9.80 Å². The Kier molecular flexibility index (Phi) is 3.81. The van der Waals surface area contributed by atoms with Gasteiger partial charge in [0.05, 0.1) is 6.04 Å². The molecule has 0 amide bonds. The SMILES string of the molecule is C[C@H](CN1C=CC2=CC=C(c3ccsc3)C[C@@H]21)N(C)C. The molecule has 3 rings (SSSR count). The highest BCUT2D eigenvalue weighted by Crippen LogP contribution is 2.34. The molecule has 0 saturated heterocycles. The summed E-state index contributed by atoms with van der Waals surface area (Å²) in [4.78, 5) is 4.78. The van der Waals surface area contributed by atoms with E-state index in [-0.39, 0.29) is 0 Å². The van der Waals surface area contributed by atoms with Crippen LogP contribution in [0, 0.1) is 0 Å². The van der Waals surface area contributed by atoms with E-state index in [2.05, 4.69) is 72.1 Å².